The van der Waals surface area contributed by atoms with Gasteiger partial charge in [0, 0.05) is 35.4 Å². The molecule has 0 spiro atoms. The average molecular weight is 381 g/mol. The van der Waals surface area contributed by atoms with Crippen molar-refractivity contribution in [2.75, 3.05) is 0 Å². The van der Waals surface area contributed by atoms with Crippen LogP contribution in [0, 0.1) is 6.92 Å². The van der Waals surface area contributed by atoms with Gasteiger partial charge < -0.3 is 0 Å². The van der Waals surface area contributed by atoms with E-state index < -0.39 is 11.7 Å². The van der Waals surface area contributed by atoms with Crippen molar-refractivity contribution in [3.8, 4) is 28.5 Å². The molecule has 0 fully saturated rings. The Balaban J connectivity index is 1.69. The Morgan fingerprint density at radius 1 is 0.929 bits per heavy atom. The van der Waals surface area contributed by atoms with Crippen LogP contribution in [0.15, 0.2) is 67.4 Å². The van der Waals surface area contributed by atoms with Crippen molar-refractivity contribution in [2.45, 2.75) is 13.1 Å². The van der Waals surface area contributed by atoms with Crippen LogP contribution in [0.2, 0.25) is 0 Å². The number of aromatic nitrogens is 5. The van der Waals surface area contributed by atoms with Crippen molar-refractivity contribution in [3.63, 3.8) is 0 Å². The molecule has 0 aliphatic heterocycles. The van der Waals surface area contributed by atoms with Gasteiger partial charge in [-0.25, -0.2) is 15.0 Å². The molecule has 5 nitrogen and oxygen atoms in total. The van der Waals surface area contributed by atoms with Crippen LogP contribution in [0.25, 0.3) is 28.5 Å². The number of halogens is 3. The number of alkyl halides is 3. The van der Waals surface area contributed by atoms with Crippen LogP contribution in [-0.4, -0.2) is 24.5 Å². The Morgan fingerprint density at radius 3 is 2.39 bits per heavy atom. The Hall–Kier alpha value is -3.55. The van der Waals surface area contributed by atoms with Gasteiger partial charge in [0.05, 0.1) is 17.0 Å². The fourth-order valence-electron chi connectivity index (χ4n) is 2.74. The van der Waals surface area contributed by atoms with Crippen molar-refractivity contribution in [1.82, 2.24) is 24.5 Å². The van der Waals surface area contributed by atoms with E-state index in [0.717, 1.165) is 17.7 Å². The van der Waals surface area contributed by atoms with Crippen LogP contribution in [0.1, 0.15) is 11.3 Å². The summed E-state index contributed by atoms with van der Waals surface area (Å²) in [5.74, 6) is 0.387. The molecule has 0 aliphatic carbocycles. The van der Waals surface area contributed by atoms with E-state index in [0.29, 0.717) is 28.6 Å². The molecule has 0 radical (unpaired) electrons. The molecular formula is C20H14F3N5. The predicted molar refractivity (Wildman–Crippen MR) is 97.6 cm³/mol. The standard InChI is InChI=1S/C20H14F3N5/c1-13-9-17(14-4-6-16(7-5-14)20(21,22)23)27-19(26-13)28-11-18(25-12-28)15-3-2-8-24-10-15/h2-12H,1H3. The zero-order valence-electron chi connectivity index (χ0n) is 14.7. The summed E-state index contributed by atoms with van der Waals surface area (Å²) < 4.78 is 40.0. The Morgan fingerprint density at radius 2 is 1.71 bits per heavy atom. The van der Waals surface area contributed by atoms with Crippen LogP contribution in [-0.2, 0) is 6.18 Å². The number of benzene rings is 1. The molecule has 0 saturated carbocycles. The van der Waals surface area contributed by atoms with Crippen molar-refractivity contribution in [2.24, 2.45) is 0 Å². The number of imidazole rings is 1. The maximum atomic E-state index is 12.8. The highest BCUT2D eigenvalue weighted by Gasteiger charge is 2.30. The average Bonchev–Trinajstić information content (AvgIpc) is 3.18. The largest absolute Gasteiger partial charge is 0.416 e. The molecule has 28 heavy (non-hydrogen) atoms. The number of hydrogen-bond acceptors (Lipinski definition) is 4. The molecule has 8 heteroatoms. The third-order valence-corrected chi connectivity index (χ3v) is 4.12. The second-order valence-electron chi connectivity index (χ2n) is 6.18. The van der Waals surface area contributed by atoms with E-state index in [2.05, 4.69) is 19.9 Å². The quantitative estimate of drug-likeness (QED) is 0.515. The minimum atomic E-state index is -4.37. The second kappa shape index (κ2) is 6.88. The smallest absolute Gasteiger partial charge is 0.274 e. The lowest BCUT2D eigenvalue weighted by Crippen LogP contribution is -2.05. The molecule has 4 aromatic rings. The molecule has 4 rings (SSSR count). The summed E-state index contributed by atoms with van der Waals surface area (Å²) in [7, 11) is 0. The third kappa shape index (κ3) is 3.62. The van der Waals surface area contributed by atoms with Crippen molar-refractivity contribution in [3.05, 3.63) is 78.6 Å². The van der Waals surface area contributed by atoms with Crippen molar-refractivity contribution < 1.29 is 13.2 Å². The molecule has 1 aromatic carbocycles. The van der Waals surface area contributed by atoms with Crippen LogP contribution in [0.5, 0.6) is 0 Å². The molecular weight excluding hydrogens is 367 g/mol. The minimum absolute atomic E-state index is 0.387. The van der Waals surface area contributed by atoms with Gasteiger partial charge in [0.1, 0.15) is 6.33 Å². The molecule has 140 valence electrons. The first kappa shape index (κ1) is 17.8. The van der Waals surface area contributed by atoms with Gasteiger partial charge in [-0.2, -0.15) is 13.2 Å². The minimum Gasteiger partial charge on any atom is -0.274 e. The molecule has 3 aromatic heterocycles. The fraction of sp³-hybridized carbons (Fsp3) is 0.100. The number of aryl methyl sites for hydroxylation is 1. The lowest BCUT2D eigenvalue weighted by molar-refractivity contribution is -0.137. The molecule has 0 N–H and O–H groups in total. The molecule has 3 heterocycles. The Kier molecular flexibility index (Phi) is 4.38. The first-order chi connectivity index (χ1) is 13.4. The van der Waals surface area contributed by atoms with Crippen LogP contribution >= 0.6 is 0 Å². The van der Waals surface area contributed by atoms with E-state index in [1.807, 2.05) is 12.1 Å². The lowest BCUT2D eigenvalue weighted by Gasteiger charge is -2.09. The van der Waals surface area contributed by atoms with E-state index in [4.69, 9.17) is 0 Å². The highest BCUT2D eigenvalue weighted by atomic mass is 19.4. The Labute approximate surface area is 158 Å². The maximum absolute atomic E-state index is 12.8. The van der Waals surface area contributed by atoms with Gasteiger partial charge in [0.15, 0.2) is 0 Å². The lowest BCUT2D eigenvalue weighted by atomic mass is 10.1. The molecule has 0 aliphatic rings. The number of nitrogens with zero attached hydrogens (tertiary/aromatic N) is 5. The summed E-state index contributed by atoms with van der Waals surface area (Å²) in [6.45, 7) is 1.80. The highest BCUT2D eigenvalue weighted by molar-refractivity contribution is 5.61. The summed E-state index contributed by atoms with van der Waals surface area (Å²) in [4.78, 5) is 17.3. The van der Waals surface area contributed by atoms with Crippen molar-refractivity contribution >= 4 is 0 Å². The van der Waals surface area contributed by atoms with E-state index >= 15 is 0 Å². The molecule has 0 saturated heterocycles. The number of rotatable bonds is 3. The molecule has 0 amide bonds. The number of hydrogen-bond donors (Lipinski definition) is 0. The van der Waals surface area contributed by atoms with E-state index in [1.165, 1.54) is 12.1 Å². The van der Waals surface area contributed by atoms with Gasteiger partial charge in [-0.05, 0) is 37.3 Å². The second-order valence-corrected chi connectivity index (χ2v) is 6.18. The predicted octanol–water partition coefficient (Wildman–Crippen LogP) is 4.72. The monoisotopic (exact) mass is 381 g/mol. The summed E-state index contributed by atoms with van der Waals surface area (Å²) in [6.07, 6.45) is 2.39. The zero-order valence-corrected chi connectivity index (χ0v) is 14.7. The van der Waals surface area contributed by atoms with E-state index in [1.54, 1.807) is 42.5 Å². The number of pyridine rings is 1. The van der Waals surface area contributed by atoms with Crippen LogP contribution < -0.4 is 0 Å². The van der Waals surface area contributed by atoms with Crippen LogP contribution in [0.3, 0.4) is 0 Å². The van der Waals surface area contributed by atoms with E-state index in [9.17, 15) is 13.2 Å². The topological polar surface area (TPSA) is 56.5 Å². The summed E-state index contributed by atoms with van der Waals surface area (Å²) in [5.41, 5.74) is 2.68. The van der Waals surface area contributed by atoms with Gasteiger partial charge in [-0.15, -0.1) is 0 Å². The van der Waals surface area contributed by atoms with Crippen molar-refractivity contribution in [1.29, 1.82) is 0 Å². The SMILES string of the molecule is Cc1cc(-c2ccc(C(F)(F)F)cc2)nc(-n2cnc(-c3cccnc3)c2)n1. The third-order valence-electron chi connectivity index (χ3n) is 4.12. The van der Waals surface area contributed by atoms with E-state index in [-0.39, 0.29) is 0 Å². The maximum Gasteiger partial charge on any atom is 0.416 e. The van der Waals surface area contributed by atoms with Gasteiger partial charge in [-0.3, -0.25) is 9.55 Å². The normalized spacial score (nSPS) is 11.6. The fourth-order valence-corrected chi connectivity index (χ4v) is 2.74. The molecule has 0 atom stereocenters. The summed E-state index contributed by atoms with van der Waals surface area (Å²) in [5, 5.41) is 0. The molecule has 0 bridgehead atoms. The van der Waals surface area contributed by atoms with Crippen LogP contribution in [0.4, 0.5) is 13.2 Å². The highest BCUT2D eigenvalue weighted by Crippen LogP contribution is 2.30. The first-order valence-corrected chi connectivity index (χ1v) is 8.38. The zero-order chi connectivity index (χ0) is 19.7. The summed E-state index contributed by atoms with van der Waals surface area (Å²) in [6, 6.07) is 10.3. The molecule has 0 unspecified atom stereocenters. The Bertz CT molecular complexity index is 1100. The van der Waals surface area contributed by atoms with Gasteiger partial charge in [-0.1, -0.05) is 12.1 Å². The van der Waals surface area contributed by atoms with Gasteiger partial charge in [0.25, 0.3) is 0 Å². The van der Waals surface area contributed by atoms with Gasteiger partial charge >= 0.3 is 6.18 Å². The first-order valence-electron chi connectivity index (χ1n) is 8.38. The summed E-state index contributed by atoms with van der Waals surface area (Å²) >= 11 is 0. The van der Waals surface area contributed by atoms with Gasteiger partial charge in [0.2, 0.25) is 5.95 Å².